The molecule has 14 heavy (non-hydrogen) atoms. The molecule has 0 radical (unpaired) electrons. The second kappa shape index (κ2) is 5.17. The van der Waals surface area contributed by atoms with E-state index in [9.17, 15) is 4.79 Å². The van der Waals surface area contributed by atoms with Crippen molar-refractivity contribution in [3.63, 3.8) is 0 Å². The third-order valence-electron chi connectivity index (χ3n) is 2.18. The Morgan fingerprint density at radius 2 is 2.00 bits per heavy atom. The summed E-state index contributed by atoms with van der Waals surface area (Å²) in [4.78, 5) is 12.9. The van der Waals surface area contributed by atoms with Crippen LogP contribution in [0.1, 0.15) is 17.3 Å². The van der Waals surface area contributed by atoms with Gasteiger partial charge in [0.2, 0.25) is 0 Å². The van der Waals surface area contributed by atoms with E-state index in [1.165, 1.54) is 4.90 Å². The maximum atomic E-state index is 11.7. The number of nitrogens with two attached hydrogens (primary N) is 1. The molecule has 1 rings (SSSR count). The van der Waals surface area contributed by atoms with Crippen LogP contribution in [0, 0.1) is 5.92 Å². The van der Waals surface area contributed by atoms with Gasteiger partial charge in [-0.2, -0.15) is 0 Å². The highest BCUT2D eigenvalue weighted by Gasteiger charge is 2.12. The molecule has 0 spiro atoms. The molecule has 0 aliphatic heterocycles. The number of rotatable bonds is 4. The van der Waals surface area contributed by atoms with Gasteiger partial charge in [0, 0.05) is 22.9 Å². The summed E-state index contributed by atoms with van der Waals surface area (Å²) in [5.41, 5.74) is 6.19. The minimum atomic E-state index is -0.0878. The summed E-state index contributed by atoms with van der Waals surface area (Å²) in [6, 6.07) is 7.64. The lowest BCUT2D eigenvalue weighted by Crippen LogP contribution is -2.20. The third-order valence-corrected chi connectivity index (χ3v) is 2.92. The molecule has 2 nitrogen and oxygen atoms in total. The molecular weight excluding hydrogens is 194 g/mol. The smallest absolute Gasteiger partial charge is 0.166 e. The van der Waals surface area contributed by atoms with Gasteiger partial charge in [-0.3, -0.25) is 4.79 Å². The van der Waals surface area contributed by atoms with Crippen molar-refractivity contribution >= 4 is 17.5 Å². The minimum Gasteiger partial charge on any atom is -0.330 e. The lowest BCUT2D eigenvalue weighted by atomic mass is 10.00. The maximum Gasteiger partial charge on any atom is 0.166 e. The van der Waals surface area contributed by atoms with E-state index in [2.05, 4.69) is 0 Å². The molecule has 0 saturated carbocycles. The molecule has 0 aliphatic carbocycles. The van der Waals surface area contributed by atoms with Crippen LogP contribution in [0.25, 0.3) is 0 Å². The number of carbonyl (C=O) groups is 1. The highest BCUT2D eigenvalue weighted by Crippen LogP contribution is 2.16. The van der Waals surface area contributed by atoms with Crippen molar-refractivity contribution in [1.29, 1.82) is 0 Å². The Morgan fingerprint density at radius 1 is 1.43 bits per heavy atom. The molecule has 76 valence electrons. The molecule has 1 unspecified atom stereocenters. The van der Waals surface area contributed by atoms with E-state index < -0.39 is 0 Å². The normalized spacial score (nSPS) is 12.5. The fraction of sp³-hybridized carbons (Fsp3) is 0.364. The first kappa shape index (κ1) is 11.3. The zero-order valence-electron chi connectivity index (χ0n) is 8.49. The summed E-state index contributed by atoms with van der Waals surface area (Å²) >= 11 is 1.67. The first-order valence-electron chi connectivity index (χ1n) is 4.57. The summed E-state index contributed by atoms with van der Waals surface area (Å²) in [6.07, 6.45) is 2.01. The van der Waals surface area contributed by atoms with Crippen LogP contribution in [0.3, 0.4) is 0 Å². The summed E-state index contributed by atoms with van der Waals surface area (Å²) in [7, 11) is 0. The lowest BCUT2D eigenvalue weighted by Gasteiger charge is -2.07. The number of carbonyl (C=O) groups excluding carboxylic acids is 1. The van der Waals surface area contributed by atoms with Crippen molar-refractivity contribution < 1.29 is 4.79 Å². The molecular formula is C11H15NOS. The van der Waals surface area contributed by atoms with Crippen molar-refractivity contribution in [2.24, 2.45) is 11.7 Å². The molecule has 3 heteroatoms. The van der Waals surface area contributed by atoms with E-state index in [4.69, 9.17) is 5.73 Å². The number of thioether (sulfide) groups is 1. The van der Waals surface area contributed by atoms with Crippen LogP contribution in [0.4, 0.5) is 0 Å². The first-order valence-corrected chi connectivity index (χ1v) is 5.80. The minimum absolute atomic E-state index is 0.0878. The van der Waals surface area contributed by atoms with E-state index >= 15 is 0 Å². The van der Waals surface area contributed by atoms with Crippen LogP contribution < -0.4 is 5.73 Å². The summed E-state index contributed by atoms with van der Waals surface area (Å²) in [5, 5.41) is 0. The third kappa shape index (κ3) is 2.59. The topological polar surface area (TPSA) is 43.1 Å². The maximum absolute atomic E-state index is 11.7. The van der Waals surface area contributed by atoms with E-state index in [-0.39, 0.29) is 11.7 Å². The zero-order chi connectivity index (χ0) is 10.6. The van der Waals surface area contributed by atoms with Gasteiger partial charge in [-0.1, -0.05) is 19.1 Å². The van der Waals surface area contributed by atoms with Crippen LogP contribution in [-0.4, -0.2) is 18.6 Å². The molecule has 0 aliphatic rings. The zero-order valence-corrected chi connectivity index (χ0v) is 9.30. The second-order valence-electron chi connectivity index (χ2n) is 3.23. The van der Waals surface area contributed by atoms with Crippen LogP contribution in [0.5, 0.6) is 0 Å². The molecule has 0 heterocycles. The largest absolute Gasteiger partial charge is 0.330 e. The standard InChI is InChI=1S/C11H15NOS/c1-8(7-12)11(13)9-3-5-10(14-2)6-4-9/h3-6,8H,7,12H2,1-2H3. The molecule has 1 aromatic carbocycles. The lowest BCUT2D eigenvalue weighted by molar-refractivity contribution is 0.0934. The Morgan fingerprint density at radius 3 is 2.43 bits per heavy atom. The Balaban J connectivity index is 2.81. The average Bonchev–Trinajstić information content (AvgIpc) is 2.27. The van der Waals surface area contributed by atoms with Gasteiger partial charge in [-0.25, -0.2) is 0 Å². The molecule has 1 atom stereocenters. The fourth-order valence-corrected chi connectivity index (χ4v) is 1.56. The Labute approximate surface area is 88.9 Å². The van der Waals surface area contributed by atoms with Gasteiger partial charge in [-0.05, 0) is 18.4 Å². The molecule has 0 saturated heterocycles. The van der Waals surface area contributed by atoms with Crippen LogP contribution in [0.15, 0.2) is 29.2 Å². The SMILES string of the molecule is CSc1ccc(C(=O)C(C)CN)cc1. The van der Waals surface area contributed by atoms with Crippen molar-refractivity contribution in [2.75, 3.05) is 12.8 Å². The van der Waals surface area contributed by atoms with Crippen molar-refractivity contribution in [2.45, 2.75) is 11.8 Å². The Kier molecular flexibility index (Phi) is 4.17. The van der Waals surface area contributed by atoms with Crippen LogP contribution in [0.2, 0.25) is 0 Å². The van der Waals surface area contributed by atoms with Crippen molar-refractivity contribution in [3.8, 4) is 0 Å². The number of ketones is 1. The number of hydrogen-bond donors (Lipinski definition) is 1. The van der Waals surface area contributed by atoms with Gasteiger partial charge < -0.3 is 5.73 Å². The number of benzene rings is 1. The molecule has 2 N–H and O–H groups in total. The average molecular weight is 209 g/mol. The predicted molar refractivity (Wildman–Crippen MR) is 60.8 cm³/mol. The molecule has 0 aromatic heterocycles. The summed E-state index contributed by atoms with van der Waals surface area (Å²) in [5.74, 6) is 0.0373. The Bertz CT molecular complexity index is 308. The summed E-state index contributed by atoms with van der Waals surface area (Å²) < 4.78 is 0. The fourth-order valence-electron chi connectivity index (χ4n) is 1.15. The van der Waals surface area contributed by atoms with Gasteiger partial charge >= 0.3 is 0 Å². The number of hydrogen-bond acceptors (Lipinski definition) is 3. The molecule has 0 bridgehead atoms. The molecule has 1 aromatic rings. The predicted octanol–water partition coefficient (Wildman–Crippen LogP) is 2.19. The first-order chi connectivity index (χ1) is 6.69. The molecule has 0 amide bonds. The highest BCUT2D eigenvalue weighted by molar-refractivity contribution is 7.98. The van der Waals surface area contributed by atoms with Crippen molar-refractivity contribution in [3.05, 3.63) is 29.8 Å². The number of Topliss-reactive ketones (excluding diaryl/α,β-unsaturated/α-hetero) is 1. The summed E-state index contributed by atoms with van der Waals surface area (Å²) in [6.45, 7) is 2.26. The van der Waals surface area contributed by atoms with Gasteiger partial charge in [0.1, 0.15) is 0 Å². The van der Waals surface area contributed by atoms with Gasteiger partial charge in [0.15, 0.2) is 5.78 Å². The van der Waals surface area contributed by atoms with Gasteiger partial charge in [0.25, 0.3) is 0 Å². The van der Waals surface area contributed by atoms with Gasteiger partial charge in [0.05, 0.1) is 0 Å². The second-order valence-corrected chi connectivity index (χ2v) is 4.11. The van der Waals surface area contributed by atoms with E-state index in [0.717, 1.165) is 5.56 Å². The Hall–Kier alpha value is -0.800. The van der Waals surface area contributed by atoms with Crippen LogP contribution in [-0.2, 0) is 0 Å². The van der Waals surface area contributed by atoms with E-state index in [0.29, 0.717) is 6.54 Å². The van der Waals surface area contributed by atoms with E-state index in [1.807, 2.05) is 37.4 Å². The van der Waals surface area contributed by atoms with E-state index in [1.54, 1.807) is 11.8 Å². The van der Waals surface area contributed by atoms with Crippen molar-refractivity contribution in [1.82, 2.24) is 0 Å². The van der Waals surface area contributed by atoms with Crippen LogP contribution >= 0.6 is 11.8 Å². The van der Waals surface area contributed by atoms with Gasteiger partial charge in [-0.15, -0.1) is 11.8 Å². The quantitative estimate of drug-likeness (QED) is 0.610. The highest BCUT2D eigenvalue weighted by atomic mass is 32.2. The molecule has 0 fully saturated rings. The monoisotopic (exact) mass is 209 g/mol.